The van der Waals surface area contributed by atoms with Crippen molar-refractivity contribution in [3.05, 3.63) is 90.5 Å². The summed E-state index contributed by atoms with van der Waals surface area (Å²) in [6, 6.07) is 26.9. The number of nitrogens with two attached hydrogens (primary N) is 1. The van der Waals surface area contributed by atoms with Gasteiger partial charge in [0.15, 0.2) is 0 Å². The normalized spacial score (nSPS) is 10.1. The summed E-state index contributed by atoms with van der Waals surface area (Å²) in [7, 11) is 0. The summed E-state index contributed by atoms with van der Waals surface area (Å²) in [6.07, 6.45) is -1.79. The summed E-state index contributed by atoms with van der Waals surface area (Å²) in [5, 5.41) is 15.0. The molecule has 0 atom stereocenters. The number of ether oxygens (including phenoxy) is 1. The summed E-state index contributed by atoms with van der Waals surface area (Å²) in [6.45, 7) is 0.344. The second-order valence-electron chi connectivity index (χ2n) is 6.20. The van der Waals surface area contributed by atoms with Crippen molar-refractivity contribution >= 4 is 33.7 Å². The van der Waals surface area contributed by atoms with E-state index >= 15 is 0 Å². The Kier molecular flexibility index (Phi) is 6.27. The van der Waals surface area contributed by atoms with Crippen LogP contribution in [0, 0.1) is 0 Å². The van der Waals surface area contributed by atoms with Gasteiger partial charge in [-0.3, -0.25) is 0 Å². The minimum atomic E-state index is -0.997. The van der Waals surface area contributed by atoms with E-state index in [9.17, 15) is 9.59 Å². The number of carboxylic acid groups (broad SMARTS) is 1. The molecule has 0 spiro atoms. The number of rotatable bonds is 3. The van der Waals surface area contributed by atoms with Crippen LogP contribution >= 0.6 is 0 Å². The maximum Gasteiger partial charge on any atom is 0.409 e. The van der Waals surface area contributed by atoms with Gasteiger partial charge in [-0.25, -0.2) is 9.59 Å². The molecule has 0 aliphatic rings. The second-order valence-corrected chi connectivity index (χ2v) is 6.20. The van der Waals surface area contributed by atoms with E-state index in [1.165, 1.54) is 0 Å². The van der Waals surface area contributed by atoms with Crippen molar-refractivity contribution in [2.45, 2.75) is 6.54 Å². The second kappa shape index (κ2) is 9.23. The zero-order chi connectivity index (χ0) is 20.6. The quantitative estimate of drug-likeness (QED) is 0.464. The summed E-state index contributed by atoms with van der Waals surface area (Å²) in [5.74, 6) is 0.496. The average Bonchev–Trinajstić information content (AvgIpc) is 2.72. The highest BCUT2D eigenvalue weighted by Crippen LogP contribution is 2.24. The third-order valence-corrected chi connectivity index (χ3v) is 4.27. The van der Waals surface area contributed by atoms with Gasteiger partial charge in [0.1, 0.15) is 5.75 Å². The van der Waals surface area contributed by atoms with Crippen LogP contribution in [0.25, 0.3) is 21.5 Å². The third-order valence-electron chi connectivity index (χ3n) is 4.27. The first-order chi connectivity index (χ1) is 14.0. The Labute approximate surface area is 167 Å². The van der Waals surface area contributed by atoms with Crippen LogP contribution < -0.4 is 15.8 Å². The van der Waals surface area contributed by atoms with Gasteiger partial charge in [-0.1, -0.05) is 78.9 Å². The van der Waals surface area contributed by atoms with E-state index in [0.717, 1.165) is 27.1 Å². The van der Waals surface area contributed by atoms with Crippen molar-refractivity contribution in [2.75, 3.05) is 0 Å². The van der Waals surface area contributed by atoms with Crippen LogP contribution in [0.5, 0.6) is 5.75 Å². The number of hydrogen-bond donors (Lipinski definition) is 3. The minimum Gasteiger partial charge on any atom is -0.465 e. The molecule has 0 unspecified atom stereocenters. The van der Waals surface area contributed by atoms with Gasteiger partial charge in [0, 0.05) is 11.9 Å². The fraction of sp³-hybridized carbons (Fsp3) is 0.0435. The van der Waals surface area contributed by atoms with Gasteiger partial charge in [-0.15, -0.1) is 0 Å². The van der Waals surface area contributed by atoms with E-state index in [0.29, 0.717) is 12.3 Å². The molecule has 0 aliphatic carbocycles. The van der Waals surface area contributed by atoms with Gasteiger partial charge in [0.05, 0.1) is 0 Å². The van der Waals surface area contributed by atoms with Crippen molar-refractivity contribution < 1.29 is 19.4 Å². The van der Waals surface area contributed by atoms with Crippen molar-refractivity contribution in [3.63, 3.8) is 0 Å². The lowest BCUT2D eigenvalue weighted by molar-refractivity contribution is 0.194. The SMILES string of the molecule is NC(=O)Oc1cccc2ccccc12.O=C(O)NCc1cccc2ccccc12. The average molecular weight is 388 g/mol. The predicted octanol–water partition coefficient (Wildman–Crippen LogP) is 4.90. The Bertz CT molecular complexity index is 1150. The minimum absolute atomic E-state index is 0.344. The monoisotopic (exact) mass is 388 g/mol. The Balaban J connectivity index is 0.000000166. The molecule has 0 fully saturated rings. The third kappa shape index (κ3) is 5.23. The van der Waals surface area contributed by atoms with Crippen molar-refractivity contribution in [1.29, 1.82) is 0 Å². The molecular formula is C23H20N2O4. The summed E-state index contributed by atoms with van der Waals surface area (Å²) < 4.78 is 4.87. The van der Waals surface area contributed by atoms with Gasteiger partial charge in [0.2, 0.25) is 0 Å². The van der Waals surface area contributed by atoms with E-state index in [2.05, 4.69) is 5.32 Å². The van der Waals surface area contributed by atoms with Crippen LogP contribution in [-0.2, 0) is 6.54 Å². The molecule has 0 aliphatic heterocycles. The number of carbonyl (C=O) groups is 2. The van der Waals surface area contributed by atoms with Gasteiger partial charge >= 0.3 is 12.2 Å². The molecule has 0 aromatic heterocycles. The number of fused-ring (bicyclic) bond motifs is 2. The first-order valence-corrected chi connectivity index (χ1v) is 8.93. The van der Waals surface area contributed by atoms with Gasteiger partial charge in [0.25, 0.3) is 0 Å². The maximum atomic E-state index is 10.6. The molecule has 4 rings (SSSR count). The Hall–Kier alpha value is -4.06. The highest BCUT2D eigenvalue weighted by molar-refractivity contribution is 5.90. The molecule has 0 saturated heterocycles. The Morgan fingerprint density at radius 1 is 0.793 bits per heavy atom. The van der Waals surface area contributed by atoms with Gasteiger partial charge in [-0.2, -0.15) is 0 Å². The number of primary amides is 1. The smallest absolute Gasteiger partial charge is 0.409 e. The molecular weight excluding hydrogens is 368 g/mol. The summed E-state index contributed by atoms with van der Waals surface area (Å²) in [5.41, 5.74) is 5.95. The molecule has 4 N–H and O–H groups in total. The summed E-state index contributed by atoms with van der Waals surface area (Å²) in [4.78, 5) is 21.0. The predicted molar refractivity (Wildman–Crippen MR) is 113 cm³/mol. The fourth-order valence-corrected chi connectivity index (χ4v) is 3.01. The molecule has 4 aromatic rings. The Morgan fingerprint density at radius 3 is 2.00 bits per heavy atom. The van der Waals surface area contributed by atoms with E-state index in [4.69, 9.17) is 15.6 Å². The zero-order valence-corrected chi connectivity index (χ0v) is 15.5. The molecule has 0 saturated carbocycles. The topological polar surface area (TPSA) is 102 Å². The molecule has 0 bridgehead atoms. The lowest BCUT2D eigenvalue weighted by Crippen LogP contribution is -2.19. The fourth-order valence-electron chi connectivity index (χ4n) is 3.01. The van der Waals surface area contributed by atoms with Gasteiger partial charge in [-0.05, 0) is 27.8 Å². The number of carbonyl (C=O) groups excluding carboxylic acids is 1. The van der Waals surface area contributed by atoms with Crippen molar-refractivity contribution in [3.8, 4) is 5.75 Å². The molecule has 2 amide bonds. The standard InChI is InChI=1S/C12H11NO2.C11H9NO2/c14-12(15)13-8-10-6-3-5-9-4-1-2-7-11(9)10;12-11(13)14-10-7-3-5-8-4-1-2-6-9(8)10/h1-7,13H,8H2,(H,14,15);1-7H,(H2,12,13). The number of hydrogen-bond acceptors (Lipinski definition) is 3. The van der Waals surface area contributed by atoms with Crippen LogP contribution in [0.2, 0.25) is 0 Å². The molecule has 0 radical (unpaired) electrons. The lowest BCUT2D eigenvalue weighted by Gasteiger charge is -2.05. The zero-order valence-electron chi connectivity index (χ0n) is 15.5. The molecule has 29 heavy (non-hydrogen) atoms. The van der Waals surface area contributed by atoms with Crippen LogP contribution in [-0.4, -0.2) is 17.3 Å². The first kappa shape index (κ1) is 19.7. The van der Waals surface area contributed by atoms with E-state index in [1.54, 1.807) is 6.07 Å². The van der Waals surface area contributed by atoms with Crippen LogP contribution in [0.15, 0.2) is 84.9 Å². The van der Waals surface area contributed by atoms with Crippen molar-refractivity contribution in [2.24, 2.45) is 5.73 Å². The molecule has 0 heterocycles. The van der Waals surface area contributed by atoms with E-state index < -0.39 is 12.2 Å². The first-order valence-electron chi connectivity index (χ1n) is 8.93. The maximum absolute atomic E-state index is 10.6. The number of nitrogens with one attached hydrogen (secondary N) is 1. The van der Waals surface area contributed by atoms with Crippen LogP contribution in [0.4, 0.5) is 9.59 Å². The molecule has 4 aromatic carbocycles. The number of amides is 2. The lowest BCUT2D eigenvalue weighted by atomic mass is 10.0. The van der Waals surface area contributed by atoms with Crippen molar-refractivity contribution in [1.82, 2.24) is 5.32 Å². The van der Waals surface area contributed by atoms with E-state index in [1.807, 2.05) is 78.9 Å². The van der Waals surface area contributed by atoms with Crippen LogP contribution in [0.1, 0.15) is 5.56 Å². The Morgan fingerprint density at radius 2 is 1.34 bits per heavy atom. The summed E-state index contributed by atoms with van der Waals surface area (Å²) >= 11 is 0. The molecule has 146 valence electrons. The van der Waals surface area contributed by atoms with E-state index in [-0.39, 0.29) is 0 Å². The molecule has 6 heteroatoms. The van der Waals surface area contributed by atoms with Crippen LogP contribution in [0.3, 0.4) is 0 Å². The largest absolute Gasteiger partial charge is 0.465 e. The molecule has 6 nitrogen and oxygen atoms in total. The number of benzene rings is 4. The highest BCUT2D eigenvalue weighted by Gasteiger charge is 2.03. The highest BCUT2D eigenvalue weighted by atomic mass is 16.5. The van der Waals surface area contributed by atoms with Gasteiger partial charge < -0.3 is 20.9 Å².